The van der Waals surface area contributed by atoms with Crippen LogP contribution in [0.5, 0.6) is 0 Å². The lowest BCUT2D eigenvalue weighted by Crippen LogP contribution is -2.45. The quantitative estimate of drug-likeness (QED) is 0.663. The third-order valence-corrected chi connectivity index (χ3v) is 5.09. The molecule has 8 heteroatoms. The summed E-state index contributed by atoms with van der Waals surface area (Å²) in [5, 5.41) is 12.6. The summed E-state index contributed by atoms with van der Waals surface area (Å²) in [5.41, 5.74) is 1.28. The topological polar surface area (TPSA) is 102 Å². The van der Waals surface area contributed by atoms with E-state index in [1.165, 1.54) is 32.9 Å². The lowest BCUT2D eigenvalue weighted by molar-refractivity contribution is -0.123. The van der Waals surface area contributed by atoms with E-state index in [0.717, 1.165) is 25.9 Å². The highest BCUT2D eigenvalue weighted by Gasteiger charge is 2.27. The van der Waals surface area contributed by atoms with E-state index < -0.39 is 0 Å². The number of carbonyl (C=O) groups is 3. The zero-order chi connectivity index (χ0) is 20.4. The Kier molecular flexibility index (Phi) is 8.90. The molecule has 3 N–H and O–H groups in total. The molecular weight excluding hydrogens is 360 g/mol. The van der Waals surface area contributed by atoms with Gasteiger partial charge in [-0.15, -0.1) is 0 Å². The number of benzene rings is 1. The first kappa shape index (κ1) is 21.8. The van der Waals surface area contributed by atoms with Crippen LogP contribution in [-0.2, 0) is 14.4 Å². The standard InChI is InChI=1S/C19H28N4O2.CH2O2/c1-15(24)20-17-6-2-3-7-18(17)21-19(25)14-22-12-8-16(9-13-22)23-10-4-5-11-23;2-1-3/h2-3,6-7,16H,4-5,8-14H2,1H3,(H,20,24)(H,21,25);1H,(H,2,3). The molecule has 0 saturated carbocycles. The first-order valence-corrected chi connectivity index (χ1v) is 9.74. The summed E-state index contributed by atoms with van der Waals surface area (Å²) >= 11 is 0. The van der Waals surface area contributed by atoms with E-state index in [4.69, 9.17) is 9.90 Å². The zero-order valence-electron chi connectivity index (χ0n) is 16.4. The van der Waals surface area contributed by atoms with Crippen LogP contribution in [0.4, 0.5) is 11.4 Å². The van der Waals surface area contributed by atoms with Crippen molar-refractivity contribution in [1.82, 2.24) is 9.80 Å². The van der Waals surface area contributed by atoms with E-state index >= 15 is 0 Å². The molecule has 0 aliphatic carbocycles. The van der Waals surface area contributed by atoms with Crippen LogP contribution in [0.3, 0.4) is 0 Å². The fraction of sp³-hybridized carbons (Fsp3) is 0.550. The maximum Gasteiger partial charge on any atom is 0.290 e. The van der Waals surface area contributed by atoms with Crippen LogP contribution in [0.1, 0.15) is 32.6 Å². The van der Waals surface area contributed by atoms with Gasteiger partial charge >= 0.3 is 0 Å². The molecule has 8 nitrogen and oxygen atoms in total. The van der Waals surface area contributed by atoms with Gasteiger partial charge in [0, 0.05) is 26.1 Å². The van der Waals surface area contributed by atoms with Crippen molar-refractivity contribution in [2.75, 3.05) is 43.4 Å². The Morgan fingerprint density at radius 3 is 2.14 bits per heavy atom. The van der Waals surface area contributed by atoms with E-state index in [1.54, 1.807) is 6.07 Å². The Bertz CT molecular complexity index is 653. The number of rotatable bonds is 5. The first-order valence-electron chi connectivity index (χ1n) is 9.74. The van der Waals surface area contributed by atoms with Gasteiger partial charge in [-0.1, -0.05) is 12.1 Å². The molecule has 2 saturated heterocycles. The highest BCUT2D eigenvalue weighted by molar-refractivity contribution is 5.99. The van der Waals surface area contributed by atoms with Crippen molar-refractivity contribution < 1.29 is 19.5 Å². The van der Waals surface area contributed by atoms with Gasteiger partial charge in [0.2, 0.25) is 11.8 Å². The molecule has 1 aromatic carbocycles. The number of nitrogens with zero attached hydrogens (tertiary/aromatic N) is 2. The van der Waals surface area contributed by atoms with Crippen molar-refractivity contribution >= 4 is 29.7 Å². The second-order valence-corrected chi connectivity index (χ2v) is 7.13. The molecule has 154 valence electrons. The molecule has 2 aliphatic heterocycles. The molecule has 3 rings (SSSR count). The largest absolute Gasteiger partial charge is 0.483 e. The molecule has 0 bridgehead atoms. The second kappa shape index (κ2) is 11.4. The predicted octanol–water partition coefficient (Wildman–Crippen LogP) is 1.84. The molecule has 0 radical (unpaired) electrons. The molecule has 2 fully saturated rings. The number of hydrogen-bond acceptors (Lipinski definition) is 5. The molecule has 0 unspecified atom stereocenters. The van der Waals surface area contributed by atoms with Gasteiger partial charge in [-0.3, -0.25) is 19.3 Å². The minimum absolute atomic E-state index is 0.0302. The SMILES string of the molecule is CC(=O)Nc1ccccc1NC(=O)CN1CCC(N2CCCC2)CC1.O=CO. The van der Waals surface area contributed by atoms with Crippen LogP contribution in [-0.4, -0.2) is 72.0 Å². The van der Waals surface area contributed by atoms with Crippen molar-refractivity contribution in [3.8, 4) is 0 Å². The summed E-state index contributed by atoms with van der Waals surface area (Å²) in [4.78, 5) is 36.9. The molecular formula is C20H30N4O4. The Labute approximate surface area is 165 Å². The van der Waals surface area contributed by atoms with Gasteiger partial charge in [0.25, 0.3) is 6.47 Å². The van der Waals surface area contributed by atoms with Crippen LogP contribution < -0.4 is 10.6 Å². The molecule has 0 spiro atoms. The van der Waals surface area contributed by atoms with Gasteiger partial charge in [-0.25, -0.2) is 0 Å². The minimum Gasteiger partial charge on any atom is -0.483 e. The summed E-state index contributed by atoms with van der Waals surface area (Å²) in [7, 11) is 0. The monoisotopic (exact) mass is 390 g/mol. The van der Waals surface area contributed by atoms with Crippen molar-refractivity contribution in [3.05, 3.63) is 24.3 Å². The highest BCUT2D eigenvalue weighted by atomic mass is 16.3. The molecule has 0 atom stereocenters. The molecule has 28 heavy (non-hydrogen) atoms. The number of carbonyl (C=O) groups excluding carboxylic acids is 2. The normalized spacial score (nSPS) is 18.0. The van der Waals surface area contributed by atoms with E-state index in [2.05, 4.69) is 20.4 Å². The predicted molar refractivity (Wildman–Crippen MR) is 108 cm³/mol. The van der Waals surface area contributed by atoms with Crippen molar-refractivity contribution in [2.24, 2.45) is 0 Å². The van der Waals surface area contributed by atoms with Gasteiger partial charge in [-0.2, -0.15) is 0 Å². The van der Waals surface area contributed by atoms with E-state index in [-0.39, 0.29) is 18.3 Å². The van der Waals surface area contributed by atoms with Gasteiger partial charge in [0.1, 0.15) is 0 Å². The maximum absolute atomic E-state index is 12.4. The number of amides is 2. The maximum atomic E-state index is 12.4. The Morgan fingerprint density at radius 2 is 1.61 bits per heavy atom. The Balaban J connectivity index is 0.000000878. The Hall–Kier alpha value is -2.45. The molecule has 2 amide bonds. The molecule has 2 aliphatic rings. The van der Waals surface area contributed by atoms with Gasteiger partial charge in [0.15, 0.2) is 0 Å². The number of piperidine rings is 1. The van der Waals surface area contributed by atoms with Crippen LogP contribution in [0.15, 0.2) is 24.3 Å². The van der Waals surface area contributed by atoms with Crippen LogP contribution in [0, 0.1) is 0 Å². The summed E-state index contributed by atoms with van der Waals surface area (Å²) in [6.07, 6.45) is 4.96. The summed E-state index contributed by atoms with van der Waals surface area (Å²) < 4.78 is 0. The van der Waals surface area contributed by atoms with E-state index in [0.29, 0.717) is 24.0 Å². The lowest BCUT2D eigenvalue weighted by atomic mass is 10.0. The number of anilines is 2. The van der Waals surface area contributed by atoms with Crippen LogP contribution in [0.25, 0.3) is 0 Å². The number of para-hydroxylation sites is 2. The van der Waals surface area contributed by atoms with Crippen molar-refractivity contribution in [1.29, 1.82) is 0 Å². The molecule has 1 aromatic rings. The van der Waals surface area contributed by atoms with Crippen LogP contribution >= 0.6 is 0 Å². The van der Waals surface area contributed by atoms with E-state index in [1.807, 2.05) is 18.2 Å². The number of carboxylic acid groups (broad SMARTS) is 1. The van der Waals surface area contributed by atoms with Crippen molar-refractivity contribution in [3.63, 3.8) is 0 Å². The fourth-order valence-corrected chi connectivity index (χ4v) is 3.83. The van der Waals surface area contributed by atoms with Gasteiger partial charge in [-0.05, 0) is 50.9 Å². The van der Waals surface area contributed by atoms with Gasteiger partial charge < -0.3 is 20.6 Å². The average molecular weight is 390 g/mol. The third kappa shape index (κ3) is 6.94. The number of likely N-dealkylation sites (tertiary alicyclic amines) is 2. The number of hydrogen-bond donors (Lipinski definition) is 3. The summed E-state index contributed by atoms with van der Waals surface area (Å²) in [6, 6.07) is 7.98. The third-order valence-electron chi connectivity index (χ3n) is 5.09. The fourth-order valence-electron chi connectivity index (χ4n) is 3.83. The number of nitrogens with one attached hydrogen (secondary N) is 2. The summed E-state index contributed by atoms with van der Waals surface area (Å²) in [6.45, 7) is 6.05. The zero-order valence-corrected chi connectivity index (χ0v) is 16.4. The van der Waals surface area contributed by atoms with Crippen LogP contribution in [0.2, 0.25) is 0 Å². The van der Waals surface area contributed by atoms with Crippen molar-refractivity contribution in [2.45, 2.75) is 38.6 Å². The van der Waals surface area contributed by atoms with E-state index in [9.17, 15) is 9.59 Å². The van der Waals surface area contributed by atoms with Gasteiger partial charge in [0.05, 0.1) is 17.9 Å². The lowest BCUT2D eigenvalue weighted by Gasteiger charge is -2.36. The highest BCUT2D eigenvalue weighted by Crippen LogP contribution is 2.22. The molecule has 0 aromatic heterocycles. The first-order chi connectivity index (χ1) is 13.5. The Morgan fingerprint density at radius 1 is 1.07 bits per heavy atom. The average Bonchev–Trinajstić information content (AvgIpc) is 3.19. The second-order valence-electron chi connectivity index (χ2n) is 7.13. The smallest absolute Gasteiger partial charge is 0.290 e. The summed E-state index contributed by atoms with van der Waals surface area (Å²) in [5.74, 6) is -0.178. The molecule has 2 heterocycles. The minimum atomic E-state index is -0.250.